The summed E-state index contributed by atoms with van der Waals surface area (Å²) in [5, 5.41) is 10.5. The van der Waals surface area contributed by atoms with Gasteiger partial charge in [-0.15, -0.1) is 0 Å². The van der Waals surface area contributed by atoms with Crippen molar-refractivity contribution in [2.75, 3.05) is 6.54 Å². The third-order valence-electron chi connectivity index (χ3n) is 6.03. The van der Waals surface area contributed by atoms with Crippen LogP contribution in [0.4, 0.5) is 0 Å². The number of rotatable bonds is 1. The first-order chi connectivity index (χ1) is 9.07. The number of hydrogen-bond donors (Lipinski definition) is 1. The topological polar surface area (TPSA) is 23.5 Å². The zero-order valence-corrected chi connectivity index (χ0v) is 12.8. The van der Waals surface area contributed by atoms with E-state index >= 15 is 0 Å². The summed E-state index contributed by atoms with van der Waals surface area (Å²) in [6, 6.07) is 1.23. The Morgan fingerprint density at radius 3 is 2.53 bits per heavy atom. The first kappa shape index (κ1) is 13.9. The lowest BCUT2D eigenvalue weighted by Crippen LogP contribution is -2.57. The normalized spacial score (nSPS) is 43.7. The van der Waals surface area contributed by atoms with Gasteiger partial charge in [0.25, 0.3) is 0 Å². The van der Waals surface area contributed by atoms with Gasteiger partial charge < -0.3 is 5.11 Å². The van der Waals surface area contributed by atoms with E-state index in [1.54, 1.807) is 0 Å². The molecule has 0 amide bonds. The van der Waals surface area contributed by atoms with Gasteiger partial charge in [0.2, 0.25) is 0 Å². The number of aliphatic hydroxyl groups excluding tert-OH is 1. The van der Waals surface area contributed by atoms with Gasteiger partial charge in [0.15, 0.2) is 0 Å². The second kappa shape index (κ2) is 5.37. The second-order valence-electron chi connectivity index (χ2n) is 8.03. The van der Waals surface area contributed by atoms with Gasteiger partial charge in [-0.3, -0.25) is 4.90 Å². The van der Waals surface area contributed by atoms with Crippen LogP contribution >= 0.6 is 0 Å². The van der Waals surface area contributed by atoms with Gasteiger partial charge >= 0.3 is 0 Å². The fraction of sp³-hybridized carbons (Fsp3) is 1.00. The minimum atomic E-state index is -0.0753. The zero-order chi connectivity index (χ0) is 13.5. The van der Waals surface area contributed by atoms with Crippen LogP contribution in [0.5, 0.6) is 0 Å². The Balaban J connectivity index is 1.75. The quantitative estimate of drug-likeness (QED) is 0.783. The monoisotopic (exact) mass is 265 g/mol. The fourth-order valence-corrected chi connectivity index (χ4v) is 4.95. The van der Waals surface area contributed by atoms with Crippen LogP contribution in [0.1, 0.15) is 71.6 Å². The highest BCUT2D eigenvalue weighted by molar-refractivity contribution is 4.97. The molecule has 0 aromatic rings. The Morgan fingerprint density at radius 2 is 1.68 bits per heavy atom. The van der Waals surface area contributed by atoms with Crippen LogP contribution in [0.15, 0.2) is 0 Å². The van der Waals surface area contributed by atoms with E-state index in [-0.39, 0.29) is 6.10 Å². The van der Waals surface area contributed by atoms with Crippen LogP contribution < -0.4 is 0 Å². The van der Waals surface area contributed by atoms with E-state index in [1.165, 1.54) is 57.9 Å². The highest BCUT2D eigenvalue weighted by Gasteiger charge is 2.43. The minimum absolute atomic E-state index is 0.0753. The first-order valence-electron chi connectivity index (χ1n) is 8.51. The highest BCUT2D eigenvalue weighted by atomic mass is 16.3. The molecular weight excluding hydrogens is 234 g/mol. The van der Waals surface area contributed by atoms with Gasteiger partial charge in [0, 0.05) is 12.1 Å². The Kier molecular flexibility index (Phi) is 3.92. The third-order valence-corrected chi connectivity index (χ3v) is 6.03. The maximum atomic E-state index is 10.5. The van der Waals surface area contributed by atoms with E-state index < -0.39 is 0 Å². The summed E-state index contributed by atoms with van der Waals surface area (Å²) in [6.07, 6.45) is 11.8. The summed E-state index contributed by atoms with van der Waals surface area (Å²) in [5.74, 6) is 0.930. The van der Waals surface area contributed by atoms with E-state index in [9.17, 15) is 5.11 Å². The predicted molar refractivity (Wildman–Crippen MR) is 79.1 cm³/mol. The Morgan fingerprint density at radius 1 is 0.947 bits per heavy atom. The van der Waals surface area contributed by atoms with Crippen LogP contribution in [-0.4, -0.2) is 34.7 Å². The van der Waals surface area contributed by atoms with Crippen molar-refractivity contribution >= 4 is 0 Å². The molecular formula is C17H31NO. The predicted octanol–water partition coefficient (Wildman–Crippen LogP) is 3.58. The Hall–Kier alpha value is -0.0800. The molecule has 110 valence electrons. The molecule has 1 aliphatic heterocycles. The number of hydrogen-bond acceptors (Lipinski definition) is 2. The minimum Gasteiger partial charge on any atom is -0.391 e. The molecule has 0 aromatic carbocycles. The largest absolute Gasteiger partial charge is 0.391 e. The van der Waals surface area contributed by atoms with Gasteiger partial charge in [-0.2, -0.15) is 0 Å². The van der Waals surface area contributed by atoms with E-state index in [1.807, 2.05) is 0 Å². The molecule has 19 heavy (non-hydrogen) atoms. The molecule has 0 spiro atoms. The van der Waals surface area contributed by atoms with Crippen molar-refractivity contribution in [1.82, 2.24) is 4.90 Å². The van der Waals surface area contributed by atoms with Gasteiger partial charge in [-0.25, -0.2) is 0 Å². The lowest BCUT2D eigenvalue weighted by atomic mass is 9.71. The highest BCUT2D eigenvalue weighted by Crippen LogP contribution is 2.42. The van der Waals surface area contributed by atoms with E-state index in [2.05, 4.69) is 18.7 Å². The molecule has 4 unspecified atom stereocenters. The average molecular weight is 265 g/mol. The maximum Gasteiger partial charge on any atom is 0.0695 e. The Bertz CT molecular complexity index is 312. The van der Waals surface area contributed by atoms with Crippen molar-refractivity contribution in [3.63, 3.8) is 0 Å². The van der Waals surface area contributed by atoms with Crippen molar-refractivity contribution < 1.29 is 5.11 Å². The smallest absolute Gasteiger partial charge is 0.0695 e. The van der Waals surface area contributed by atoms with Crippen LogP contribution in [0.25, 0.3) is 0 Å². The number of fused-ring (bicyclic) bond motifs is 1. The average Bonchev–Trinajstić information content (AvgIpc) is 2.41. The number of nitrogens with zero attached hydrogens (tertiary/aromatic N) is 1. The Labute approximate surface area is 118 Å². The van der Waals surface area contributed by atoms with E-state index in [0.29, 0.717) is 11.5 Å². The molecule has 3 aliphatic rings. The lowest BCUT2D eigenvalue weighted by molar-refractivity contribution is -0.0661. The molecule has 2 heteroatoms. The molecule has 0 bridgehead atoms. The van der Waals surface area contributed by atoms with Crippen LogP contribution in [0.2, 0.25) is 0 Å². The van der Waals surface area contributed by atoms with Crippen LogP contribution in [-0.2, 0) is 0 Å². The van der Waals surface area contributed by atoms with Gasteiger partial charge in [0.05, 0.1) is 6.10 Å². The molecule has 1 saturated heterocycles. The van der Waals surface area contributed by atoms with Crippen molar-refractivity contribution in [2.24, 2.45) is 11.3 Å². The summed E-state index contributed by atoms with van der Waals surface area (Å²) in [5.41, 5.74) is 0.422. The molecule has 0 radical (unpaired) electrons. The third kappa shape index (κ3) is 2.85. The summed E-state index contributed by atoms with van der Waals surface area (Å²) >= 11 is 0. The maximum absolute atomic E-state index is 10.5. The summed E-state index contributed by atoms with van der Waals surface area (Å²) in [7, 11) is 0. The number of aliphatic hydroxyl groups is 1. The van der Waals surface area contributed by atoms with Crippen LogP contribution in [0.3, 0.4) is 0 Å². The van der Waals surface area contributed by atoms with Crippen molar-refractivity contribution in [3.05, 3.63) is 0 Å². The summed E-state index contributed by atoms with van der Waals surface area (Å²) < 4.78 is 0. The van der Waals surface area contributed by atoms with Crippen LogP contribution in [0, 0.1) is 11.3 Å². The standard InChI is InChI=1S/C17H31NO/c1-17(2)10-9-16(19)15(12-17)18-11-5-7-13-6-3-4-8-14(13)18/h13-16,19H,3-12H2,1-2H3. The first-order valence-corrected chi connectivity index (χ1v) is 8.51. The fourth-order valence-electron chi connectivity index (χ4n) is 4.95. The molecule has 4 atom stereocenters. The molecule has 3 fully saturated rings. The number of piperidine rings is 1. The van der Waals surface area contributed by atoms with Gasteiger partial charge in [-0.1, -0.05) is 26.7 Å². The SMILES string of the molecule is CC1(C)CCC(O)C(N2CCCC3CCCCC32)C1. The van der Waals surface area contributed by atoms with Crippen molar-refractivity contribution in [3.8, 4) is 0 Å². The lowest BCUT2D eigenvalue weighted by Gasteiger charge is -2.52. The van der Waals surface area contributed by atoms with Crippen molar-refractivity contribution in [2.45, 2.75) is 89.8 Å². The molecule has 2 saturated carbocycles. The van der Waals surface area contributed by atoms with Gasteiger partial charge in [0.1, 0.15) is 0 Å². The molecule has 2 nitrogen and oxygen atoms in total. The summed E-state index contributed by atoms with van der Waals surface area (Å²) in [6.45, 7) is 6.00. The molecule has 0 aromatic heterocycles. The van der Waals surface area contributed by atoms with Crippen molar-refractivity contribution in [1.29, 1.82) is 0 Å². The molecule has 1 N–H and O–H groups in total. The zero-order valence-electron chi connectivity index (χ0n) is 12.8. The summed E-state index contributed by atoms with van der Waals surface area (Å²) in [4.78, 5) is 2.74. The number of likely N-dealkylation sites (tertiary alicyclic amines) is 1. The van der Waals surface area contributed by atoms with E-state index in [4.69, 9.17) is 0 Å². The van der Waals surface area contributed by atoms with Gasteiger partial charge in [-0.05, 0) is 62.8 Å². The second-order valence-corrected chi connectivity index (χ2v) is 8.03. The molecule has 3 rings (SSSR count). The molecule has 2 aliphatic carbocycles. The van der Waals surface area contributed by atoms with E-state index in [0.717, 1.165) is 18.4 Å². The molecule has 1 heterocycles.